The van der Waals surface area contributed by atoms with E-state index < -0.39 is 97.5 Å². The lowest BCUT2D eigenvalue weighted by Gasteiger charge is -2.21. The Balaban J connectivity index is 5.15. The minimum atomic E-state index is -4.96. The van der Waals surface area contributed by atoms with Gasteiger partial charge < -0.3 is 33.8 Å². The zero-order valence-corrected chi connectivity index (χ0v) is 65.7. The van der Waals surface area contributed by atoms with E-state index in [-0.39, 0.29) is 25.7 Å². The highest BCUT2D eigenvalue weighted by atomic mass is 31.2. The summed E-state index contributed by atoms with van der Waals surface area (Å²) in [6.45, 7) is 7.24. The van der Waals surface area contributed by atoms with Crippen molar-refractivity contribution in [2.24, 2.45) is 5.92 Å². The molecular weight excluding hydrogens is 1280 g/mol. The maximum absolute atomic E-state index is 13.1. The molecule has 0 aromatic heterocycles. The van der Waals surface area contributed by atoms with Gasteiger partial charge in [0.05, 0.1) is 26.4 Å². The van der Waals surface area contributed by atoms with Gasteiger partial charge >= 0.3 is 39.5 Å². The zero-order chi connectivity index (χ0) is 71.9. The fourth-order valence-electron chi connectivity index (χ4n) is 12.2. The van der Waals surface area contributed by atoms with Crippen LogP contribution in [-0.4, -0.2) is 96.7 Å². The van der Waals surface area contributed by atoms with Crippen LogP contribution in [0.15, 0.2) is 0 Å². The first-order chi connectivity index (χ1) is 47.5. The summed E-state index contributed by atoms with van der Waals surface area (Å²) in [5, 5.41) is 10.6. The highest BCUT2D eigenvalue weighted by Gasteiger charge is 2.30. The first-order valence-corrected chi connectivity index (χ1v) is 44.1. The third-order valence-electron chi connectivity index (χ3n) is 18.5. The van der Waals surface area contributed by atoms with Gasteiger partial charge in [0.2, 0.25) is 0 Å². The van der Waals surface area contributed by atoms with Gasteiger partial charge in [0.25, 0.3) is 0 Å². The van der Waals surface area contributed by atoms with Crippen molar-refractivity contribution in [1.29, 1.82) is 0 Å². The van der Waals surface area contributed by atoms with E-state index in [0.717, 1.165) is 109 Å². The Morgan fingerprint density at radius 1 is 0.276 bits per heavy atom. The molecule has 582 valence electrons. The standard InChI is InChI=1S/C79H154O17P2/c1-6-9-12-15-18-20-22-24-26-28-29-30-31-32-34-36-38-40-44-49-54-59-64-78(83)96-75(69-90-77(82)63-58-53-48-43-39-37-35-33-27-25-23-21-19-16-13-10-7-2)71-94-98(87,88)92-67-73(80)66-91-97(85,86)93-70-74(68-89-76(81)62-57-52-46-17-14-11-8-3)95-79(84)65-60-55-50-45-41-42-47-51-56-61-72(4)5/h72-75,80H,6-71H2,1-5H3,(H,85,86)(H,87,88)/t73-,74+,75+/m0/s1. The number of carbonyl (C=O) groups is 4. The van der Waals surface area contributed by atoms with Gasteiger partial charge in [-0.1, -0.05) is 369 Å². The SMILES string of the molecule is CCCCCCCCCCCCCCCCCCCCCCCCC(=O)O[C@H](COC(=O)CCCCCCCCCCCCCCCCCCC)COP(=O)(O)OC[C@@H](O)COP(=O)(O)OC[C@@H](COC(=O)CCCCCCCCC)OC(=O)CCCCCCCCCCCC(C)C. The quantitative estimate of drug-likeness (QED) is 0.0222. The van der Waals surface area contributed by atoms with Gasteiger partial charge in [0.15, 0.2) is 12.2 Å². The van der Waals surface area contributed by atoms with Gasteiger partial charge in [-0.15, -0.1) is 0 Å². The smallest absolute Gasteiger partial charge is 0.462 e. The molecule has 0 amide bonds. The Morgan fingerprint density at radius 3 is 0.694 bits per heavy atom. The second kappa shape index (κ2) is 72.0. The van der Waals surface area contributed by atoms with Gasteiger partial charge in [0.1, 0.15) is 19.3 Å². The molecule has 0 saturated heterocycles. The molecule has 98 heavy (non-hydrogen) atoms. The van der Waals surface area contributed by atoms with E-state index in [1.807, 2.05) is 0 Å². The van der Waals surface area contributed by atoms with Crippen LogP contribution in [0.4, 0.5) is 0 Å². The number of hydrogen-bond donors (Lipinski definition) is 3. The molecule has 2 unspecified atom stereocenters. The molecule has 0 spiro atoms. The van der Waals surface area contributed by atoms with E-state index in [2.05, 4.69) is 34.6 Å². The largest absolute Gasteiger partial charge is 0.472 e. The van der Waals surface area contributed by atoms with E-state index in [1.54, 1.807) is 0 Å². The Kier molecular flexibility index (Phi) is 70.6. The van der Waals surface area contributed by atoms with E-state index in [4.69, 9.17) is 37.0 Å². The number of ether oxygens (including phenoxy) is 4. The number of phosphoric ester groups is 2. The molecular formula is C79H154O17P2. The number of aliphatic hydroxyl groups excluding tert-OH is 1. The summed E-state index contributed by atoms with van der Waals surface area (Å²) < 4.78 is 68.5. The number of rotatable bonds is 79. The molecule has 0 rings (SSSR count). The monoisotopic (exact) mass is 1440 g/mol. The lowest BCUT2D eigenvalue weighted by molar-refractivity contribution is -0.161. The lowest BCUT2D eigenvalue weighted by Crippen LogP contribution is -2.30. The van der Waals surface area contributed by atoms with Gasteiger partial charge in [-0.05, 0) is 31.6 Å². The summed E-state index contributed by atoms with van der Waals surface area (Å²) in [6.07, 6.45) is 62.8. The Labute approximate surface area is 600 Å². The number of carbonyl (C=O) groups excluding carboxylic acids is 4. The van der Waals surface area contributed by atoms with Crippen LogP contribution in [0.1, 0.15) is 420 Å². The van der Waals surface area contributed by atoms with Crippen LogP contribution in [0.5, 0.6) is 0 Å². The summed E-state index contributed by atoms with van der Waals surface area (Å²) in [7, 11) is -9.91. The third kappa shape index (κ3) is 72.4. The Morgan fingerprint density at radius 2 is 0.469 bits per heavy atom. The fourth-order valence-corrected chi connectivity index (χ4v) is 13.8. The van der Waals surface area contributed by atoms with Crippen molar-refractivity contribution in [3.8, 4) is 0 Å². The number of phosphoric acid groups is 2. The fraction of sp³-hybridized carbons (Fsp3) is 0.949. The van der Waals surface area contributed by atoms with Gasteiger partial charge in [-0.2, -0.15) is 0 Å². The van der Waals surface area contributed by atoms with Gasteiger partial charge in [0, 0.05) is 25.7 Å². The molecule has 0 bridgehead atoms. The van der Waals surface area contributed by atoms with Gasteiger partial charge in [-0.25, -0.2) is 9.13 Å². The molecule has 17 nitrogen and oxygen atoms in total. The van der Waals surface area contributed by atoms with E-state index in [0.29, 0.717) is 25.7 Å². The van der Waals surface area contributed by atoms with Crippen LogP contribution in [0.2, 0.25) is 0 Å². The first kappa shape index (κ1) is 96.1. The average molecular weight is 1440 g/mol. The van der Waals surface area contributed by atoms with Crippen LogP contribution < -0.4 is 0 Å². The lowest BCUT2D eigenvalue weighted by atomic mass is 10.0. The van der Waals surface area contributed by atoms with Crippen molar-refractivity contribution in [2.75, 3.05) is 39.6 Å². The van der Waals surface area contributed by atoms with Crippen molar-refractivity contribution in [3.05, 3.63) is 0 Å². The molecule has 0 aliphatic heterocycles. The van der Waals surface area contributed by atoms with Crippen LogP contribution in [-0.2, 0) is 65.4 Å². The molecule has 0 saturated carbocycles. The molecule has 0 fully saturated rings. The molecule has 3 N–H and O–H groups in total. The molecule has 0 aliphatic rings. The second-order valence-corrected chi connectivity index (χ2v) is 31.8. The summed E-state index contributed by atoms with van der Waals surface area (Å²) >= 11 is 0. The molecule has 5 atom stereocenters. The number of esters is 4. The summed E-state index contributed by atoms with van der Waals surface area (Å²) in [4.78, 5) is 72.7. The zero-order valence-electron chi connectivity index (χ0n) is 63.9. The highest BCUT2D eigenvalue weighted by Crippen LogP contribution is 2.45. The van der Waals surface area contributed by atoms with Crippen LogP contribution in [0, 0.1) is 5.92 Å². The predicted molar refractivity (Wildman–Crippen MR) is 400 cm³/mol. The average Bonchev–Trinajstić information content (AvgIpc) is 0.959. The minimum Gasteiger partial charge on any atom is -0.462 e. The maximum Gasteiger partial charge on any atom is 0.472 e. The summed E-state index contributed by atoms with van der Waals surface area (Å²) in [5.74, 6) is -1.38. The second-order valence-electron chi connectivity index (χ2n) is 28.9. The Hall–Kier alpha value is -1.94. The van der Waals surface area contributed by atoms with E-state index in [1.165, 1.54) is 231 Å². The van der Waals surface area contributed by atoms with Crippen LogP contribution in [0.3, 0.4) is 0 Å². The minimum absolute atomic E-state index is 0.105. The molecule has 0 aromatic carbocycles. The first-order valence-electron chi connectivity index (χ1n) is 41.1. The van der Waals surface area contributed by atoms with Crippen molar-refractivity contribution in [3.63, 3.8) is 0 Å². The number of unbranched alkanes of at least 4 members (excludes halogenated alkanes) is 51. The van der Waals surface area contributed by atoms with Crippen LogP contribution in [0.25, 0.3) is 0 Å². The molecule has 0 aromatic rings. The van der Waals surface area contributed by atoms with Gasteiger partial charge in [-0.3, -0.25) is 37.3 Å². The van der Waals surface area contributed by atoms with E-state index >= 15 is 0 Å². The van der Waals surface area contributed by atoms with Crippen molar-refractivity contribution in [2.45, 2.75) is 438 Å². The van der Waals surface area contributed by atoms with Crippen molar-refractivity contribution >= 4 is 39.5 Å². The van der Waals surface area contributed by atoms with Crippen molar-refractivity contribution in [1.82, 2.24) is 0 Å². The number of hydrogen-bond acceptors (Lipinski definition) is 15. The topological polar surface area (TPSA) is 237 Å². The summed E-state index contributed by atoms with van der Waals surface area (Å²) in [6, 6.07) is 0. The molecule has 0 radical (unpaired) electrons. The van der Waals surface area contributed by atoms with Crippen LogP contribution >= 0.6 is 15.6 Å². The molecule has 0 aliphatic carbocycles. The molecule has 19 heteroatoms. The Bertz CT molecular complexity index is 1870. The summed E-state index contributed by atoms with van der Waals surface area (Å²) in [5.41, 5.74) is 0. The predicted octanol–water partition coefficient (Wildman–Crippen LogP) is 23.6. The number of aliphatic hydroxyl groups is 1. The third-order valence-corrected chi connectivity index (χ3v) is 20.4. The molecule has 0 heterocycles. The van der Waals surface area contributed by atoms with E-state index in [9.17, 15) is 43.2 Å². The highest BCUT2D eigenvalue weighted by molar-refractivity contribution is 7.47. The van der Waals surface area contributed by atoms with Crippen molar-refractivity contribution < 1.29 is 80.2 Å². The maximum atomic E-state index is 13.1. The normalized spacial score (nSPS) is 13.9.